The first-order valence-electron chi connectivity index (χ1n) is 8.21. The van der Waals surface area contributed by atoms with E-state index in [0.717, 1.165) is 32.2 Å². The Bertz CT molecular complexity index is 528. The van der Waals surface area contributed by atoms with Crippen molar-refractivity contribution in [3.8, 4) is 0 Å². The highest BCUT2D eigenvalue weighted by Gasteiger charge is 2.43. The Kier molecular flexibility index (Phi) is 4.03. The molecule has 21 heavy (non-hydrogen) atoms. The molecular weight excluding hydrogens is 262 g/mol. The second kappa shape index (κ2) is 5.80. The molecular formula is C18H25NO2. The lowest BCUT2D eigenvalue weighted by molar-refractivity contribution is -0.153. The SMILES string of the molecule is CCC1(C(=O)O)CCCN(C2CCCc3ccccc32)C1. The van der Waals surface area contributed by atoms with Crippen molar-refractivity contribution in [1.29, 1.82) is 0 Å². The standard InChI is InChI=1S/C18H25NO2/c1-2-18(17(20)21)11-6-12-19(13-18)16-10-5-8-14-7-3-4-9-15(14)16/h3-4,7,9,16H,2,5-6,8,10-13H2,1H3,(H,20,21). The minimum atomic E-state index is -0.612. The molecule has 114 valence electrons. The minimum absolute atomic E-state index is 0.417. The molecule has 1 saturated heterocycles. The number of carboxylic acid groups (broad SMARTS) is 1. The molecule has 1 aromatic rings. The van der Waals surface area contributed by atoms with Crippen molar-refractivity contribution in [2.24, 2.45) is 5.41 Å². The number of rotatable bonds is 3. The van der Waals surface area contributed by atoms with Crippen LogP contribution < -0.4 is 0 Å². The number of aryl methyl sites for hydroxylation is 1. The third-order valence-corrected chi connectivity index (χ3v) is 5.52. The number of benzene rings is 1. The van der Waals surface area contributed by atoms with E-state index in [1.165, 1.54) is 24.0 Å². The lowest BCUT2D eigenvalue weighted by Gasteiger charge is -2.44. The number of nitrogens with zero attached hydrogens (tertiary/aromatic N) is 1. The summed E-state index contributed by atoms with van der Waals surface area (Å²) < 4.78 is 0. The zero-order valence-corrected chi connectivity index (χ0v) is 12.8. The molecule has 0 bridgehead atoms. The average molecular weight is 287 g/mol. The molecule has 2 atom stereocenters. The number of carbonyl (C=O) groups is 1. The van der Waals surface area contributed by atoms with Crippen LogP contribution in [0.3, 0.4) is 0 Å². The zero-order valence-electron chi connectivity index (χ0n) is 12.8. The molecule has 1 heterocycles. The second-order valence-corrected chi connectivity index (χ2v) is 6.62. The van der Waals surface area contributed by atoms with Gasteiger partial charge >= 0.3 is 5.97 Å². The largest absolute Gasteiger partial charge is 0.481 e. The van der Waals surface area contributed by atoms with Gasteiger partial charge in [0.15, 0.2) is 0 Å². The summed E-state index contributed by atoms with van der Waals surface area (Å²) in [6, 6.07) is 9.12. The molecule has 0 amide bonds. The van der Waals surface area contributed by atoms with Crippen molar-refractivity contribution in [3.05, 3.63) is 35.4 Å². The first-order valence-corrected chi connectivity index (χ1v) is 8.21. The predicted octanol–water partition coefficient (Wildman–Crippen LogP) is 3.64. The number of piperidine rings is 1. The Labute approximate surface area is 127 Å². The molecule has 2 aliphatic rings. The molecule has 0 saturated carbocycles. The maximum absolute atomic E-state index is 11.8. The average Bonchev–Trinajstić information content (AvgIpc) is 2.54. The van der Waals surface area contributed by atoms with Crippen LogP contribution in [0.2, 0.25) is 0 Å². The van der Waals surface area contributed by atoms with Crippen molar-refractivity contribution in [3.63, 3.8) is 0 Å². The normalized spacial score (nSPS) is 29.9. The van der Waals surface area contributed by atoms with E-state index < -0.39 is 11.4 Å². The number of hydrogen-bond acceptors (Lipinski definition) is 2. The van der Waals surface area contributed by atoms with Gasteiger partial charge in [-0.1, -0.05) is 31.2 Å². The summed E-state index contributed by atoms with van der Waals surface area (Å²) in [6.45, 7) is 3.76. The molecule has 2 unspecified atom stereocenters. The van der Waals surface area contributed by atoms with Crippen LogP contribution in [0.5, 0.6) is 0 Å². The highest BCUT2D eigenvalue weighted by atomic mass is 16.4. The second-order valence-electron chi connectivity index (χ2n) is 6.62. The maximum Gasteiger partial charge on any atom is 0.310 e. The van der Waals surface area contributed by atoms with Crippen molar-refractivity contribution in [2.75, 3.05) is 13.1 Å². The van der Waals surface area contributed by atoms with Gasteiger partial charge in [-0.2, -0.15) is 0 Å². The fourth-order valence-corrected chi connectivity index (χ4v) is 4.16. The highest BCUT2D eigenvalue weighted by molar-refractivity contribution is 5.75. The van der Waals surface area contributed by atoms with E-state index in [-0.39, 0.29) is 0 Å². The summed E-state index contributed by atoms with van der Waals surface area (Å²) in [5.41, 5.74) is 2.35. The molecule has 1 aliphatic carbocycles. The summed E-state index contributed by atoms with van der Waals surface area (Å²) in [7, 11) is 0. The van der Waals surface area contributed by atoms with E-state index in [9.17, 15) is 9.90 Å². The fourth-order valence-electron chi connectivity index (χ4n) is 4.16. The zero-order chi connectivity index (χ0) is 14.9. The molecule has 1 N–H and O–H groups in total. The van der Waals surface area contributed by atoms with E-state index in [2.05, 4.69) is 29.2 Å². The summed E-state index contributed by atoms with van der Waals surface area (Å²) in [4.78, 5) is 14.2. The number of fused-ring (bicyclic) bond motifs is 1. The van der Waals surface area contributed by atoms with Gasteiger partial charge in [-0.05, 0) is 56.2 Å². The van der Waals surface area contributed by atoms with E-state index >= 15 is 0 Å². The van der Waals surface area contributed by atoms with Crippen LogP contribution in [0.4, 0.5) is 0 Å². The summed E-state index contributed by atoms with van der Waals surface area (Å²) in [6.07, 6.45) is 6.09. The molecule has 0 spiro atoms. The molecule has 3 nitrogen and oxygen atoms in total. The first-order chi connectivity index (χ1) is 10.2. The van der Waals surface area contributed by atoms with Crippen molar-refractivity contribution in [2.45, 2.75) is 51.5 Å². The predicted molar refractivity (Wildman–Crippen MR) is 83.3 cm³/mol. The summed E-state index contributed by atoms with van der Waals surface area (Å²) in [5.74, 6) is -0.612. The topological polar surface area (TPSA) is 40.5 Å². The van der Waals surface area contributed by atoms with Crippen LogP contribution in [0, 0.1) is 5.41 Å². The van der Waals surface area contributed by atoms with Gasteiger partial charge in [0.25, 0.3) is 0 Å². The van der Waals surface area contributed by atoms with Crippen LogP contribution in [0.15, 0.2) is 24.3 Å². The monoisotopic (exact) mass is 287 g/mol. The Morgan fingerprint density at radius 1 is 1.38 bits per heavy atom. The van der Waals surface area contributed by atoms with Crippen molar-refractivity contribution >= 4 is 5.97 Å². The van der Waals surface area contributed by atoms with Crippen LogP contribution >= 0.6 is 0 Å². The highest BCUT2D eigenvalue weighted by Crippen LogP contribution is 2.41. The van der Waals surface area contributed by atoms with Gasteiger partial charge in [-0.25, -0.2) is 0 Å². The lowest BCUT2D eigenvalue weighted by Crippen LogP contribution is -2.49. The Hall–Kier alpha value is -1.35. The number of aliphatic carboxylic acids is 1. The molecule has 0 radical (unpaired) electrons. The number of likely N-dealkylation sites (tertiary alicyclic amines) is 1. The van der Waals surface area contributed by atoms with Crippen molar-refractivity contribution in [1.82, 2.24) is 4.90 Å². The van der Waals surface area contributed by atoms with Crippen LogP contribution in [-0.2, 0) is 11.2 Å². The fraction of sp³-hybridized carbons (Fsp3) is 0.611. The van der Waals surface area contributed by atoms with Gasteiger partial charge in [-0.3, -0.25) is 9.69 Å². The van der Waals surface area contributed by atoms with E-state index in [4.69, 9.17) is 0 Å². The summed E-state index contributed by atoms with van der Waals surface area (Å²) >= 11 is 0. The molecule has 3 heteroatoms. The van der Waals surface area contributed by atoms with Gasteiger partial charge in [0.05, 0.1) is 5.41 Å². The van der Waals surface area contributed by atoms with Gasteiger partial charge < -0.3 is 5.11 Å². The van der Waals surface area contributed by atoms with Gasteiger partial charge in [0.2, 0.25) is 0 Å². The minimum Gasteiger partial charge on any atom is -0.481 e. The molecule has 0 aromatic heterocycles. The Morgan fingerprint density at radius 3 is 2.95 bits per heavy atom. The smallest absolute Gasteiger partial charge is 0.310 e. The third-order valence-electron chi connectivity index (χ3n) is 5.52. The van der Waals surface area contributed by atoms with Gasteiger partial charge in [0.1, 0.15) is 0 Å². The van der Waals surface area contributed by atoms with Gasteiger partial charge in [-0.15, -0.1) is 0 Å². The van der Waals surface area contributed by atoms with Crippen LogP contribution in [0.25, 0.3) is 0 Å². The molecule has 3 rings (SSSR count). The Morgan fingerprint density at radius 2 is 2.19 bits per heavy atom. The molecule has 1 fully saturated rings. The lowest BCUT2D eigenvalue weighted by atomic mass is 9.76. The maximum atomic E-state index is 11.8. The first kappa shape index (κ1) is 14.6. The van der Waals surface area contributed by atoms with Crippen LogP contribution in [0.1, 0.15) is 56.2 Å². The van der Waals surface area contributed by atoms with E-state index in [1.807, 2.05) is 6.92 Å². The number of hydrogen-bond donors (Lipinski definition) is 1. The Balaban J connectivity index is 1.86. The van der Waals surface area contributed by atoms with Crippen molar-refractivity contribution < 1.29 is 9.90 Å². The third kappa shape index (κ3) is 2.59. The van der Waals surface area contributed by atoms with Crippen LogP contribution in [-0.4, -0.2) is 29.1 Å². The van der Waals surface area contributed by atoms with E-state index in [0.29, 0.717) is 12.6 Å². The molecule has 1 aromatic carbocycles. The molecule has 1 aliphatic heterocycles. The van der Waals surface area contributed by atoms with E-state index in [1.54, 1.807) is 0 Å². The quantitative estimate of drug-likeness (QED) is 0.922. The number of carboxylic acids is 1. The summed E-state index contributed by atoms with van der Waals surface area (Å²) in [5, 5.41) is 9.67. The van der Waals surface area contributed by atoms with Gasteiger partial charge in [0, 0.05) is 12.6 Å².